The molecule has 1 aliphatic rings. The third-order valence-electron chi connectivity index (χ3n) is 5.13. The lowest BCUT2D eigenvalue weighted by atomic mass is 9.78. The summed E-state index contributed by atoms with van der Waals surface area (Å²) in [5.41, 5.74) is 1.32. The Bertz CT molecular complexity index is 637. The van der Waals surface area contributed by atoms with Gasteiger partial charge in [-0.1, -0.05) is 44.2 Å². The third kappa shape index (κ3) is 6.70. The van der Waals surface area contributed by atoms with E-state index in [0.29, 0.717) is 12.3 Å². The van der Waals surface area contributed by atoms with E-state index in [-0.39, 0.29) is 24.3 Å². The number of nitrogens with one attached hydrogen (secondary N) is 2. The summed E-state index contributed by atoms with van der Waals surface area (Å²) in [7, 11) is 0. The first kappa shape index (κ1) is 20.9. The quantitative estimate of drug-likeness (QED) is 0.652. The third-order valence-corrected chi connectivity index (χ3v) is 5.13. The summed E-state index contributed by atoms with van der Waals surface area (Å²) >= 11 is 0. The van der Waals surface area contributed by atoms with E-state index in [1.165, 1.54) is 5.56 Å². The van der Waals surface area contributed by atoms with Crippen molar-refractivity contribution in [2.75, 3.05) is 6.54 Å². The summed E-state index contributed by atoms with van der Waals surface area (Å²) < 4.78 is 0. The van der Waals surface area contributed by atoms with E-state index in [4.69, 9.17) is 5.11 Å². The first-order valence-electron chi connectivity index (χ1n) is 9.71. The van der Waals surface area contributed by atoms with Crippen molar-refractivity contribution in [2.45, 2.75) is 57.9 Å². The molecule has 0 spiro atoms. The van der Waals surface area contributed by atoms with Gasteiger partial charge in [0.25, 0.3) is 0 Å². The number of amides is 2. The summed E-state index contributed by atoms with van der Waals surface area (Å²) in [6, 6.07) is 9.42. The van der Waals surface area contributed by atoms with Gasteiger partial charge in [-0.2, -0.15) is 0 Å². The molecule has 6 nitrogen and oxygen atoms in total. The maximum absolute atomic E-state index is 12.3. The molecule has 0 heterocycles. The van der Waals surface area contributed by atoms with Crippen molar-refractivity contribution in [1.29, 1.82) is 0 Å². The van der Waals surface area contributed by atoms with E-state index < -0.39 is 17.9 Å². The topological polar surface area (TPSA) is 95.5 Å². The summed E-state index contributed by atoms with van der Waals surface area (Å²) in [5, 5.41) is 14.3. The number of hydrogen-bond donors (Lipinski definition) is 3. The molecule has 1 atom stereocenters. The summed E-state index contributed by atoms with van der Waals surface area (Å²) in [6.07, 6.45) is 3.89. The van der Waals surface area contributed by atoms with Crippen LogP contribution in [-0.2, 0) is 14.4 Å². The molecular weight excluding hydrogens is 344 g/mol. The second-order valence-corrected chi connectivity index (χ2v) is 7.76. The number of carbonyl (C=O) groups is 3. The Labute approximate surface area is 160 Å². The minimum absolute atomic E-state index is 0.0799. The molecule has 1 aromatic rings. The van der Waals surface area contributed by atoms with Gasteiger partial charge in [0, 0.05) is 5.92 Å². The van der Waals surface area contributed by atoms with Crippen LogP contribution in [0.4, 0.5) is 0 Å². The fourth-order valence-corrected chi connectivity index (χ4v) is 3.66. The highest BCUT2D eigenvalue weighted by Crippen LogP contribution is 2.35. The highest BCUT2D eigenvalue weighted by Gasteiger charge is 2.27. The molecule has 0 aromatic heterocycles. The SMILES string of the molecule is CC(C)C[C@H](NC(=O)CNC(=O)C1CCC(c2ccccc2)CC1)C(=O)O. The van der Waals surface area contributed by atoms with Gasteiger partial charge in [-0.3, -0.25) is 9.59 Å². The number of carbonyl (C=O) groups excluding carboxylic acids is 2. The number of hydrogen-bond acceptors (Lipinski definition) is 3. The van der Waals surface area contributed by atoms with Crippen LogP contribution in [0.2, 0.25) is 0 Å². The smallest absolute Gasteiger partial charge is 0.326 e. The van der Waals surface area contributed by atoms with E-state index in [0.717, 1.165) is 25.7 Å². The number of rotatable bonds is 8. The lowest BCUT2D eigenvalue weighted by molar-refractivity contribution is -0.142. The molecule has 2 rings (SSSR count). The lowest BCUT2D eigenvalue weighted by Crippen LogP contribution is -2.47. The van der Waals surface area contributed by atoms with E-state index in [1.807, 2.05) is 32.0 Å². The van der Waals surface area contributed by atoms with Crippen molar-refractivity contribution in [3.8, 4) is 0 Å². The Hall–Kier alpha value is -2.37. The monoisotopic (exact) mass is 374 g/mol. The highest BCUT2D eigenvalue weighted by molar-refractivity contribution is 5.88. The van der Waals surface area contributed by atoms with Gasteiger partial charge in [0.15, 0.2) is 0 Å². The highest BCUT2D eigenvalue weighted by atomic mass is 16.4. The van der Waals surface area contributed by atoms with Gasteiger partial charge >= 0.3 is 5.97 Å². The second-order valence-electron chi connectivity index (χ2n) is 7.76. The zero-order chi connectivity index (χ0) is 19.8. The predicted molar refractivity (Wildman–Crippen MR) is 103 cm³/mol. The van der Waals surface area contributed by atoms with Crippen molar-refractivity contribution in [3.05, 3.63) is 35.9 Å². The number of aliphatic carboxylic acids is 1. The van der Waals surface area contributed by atoms with Crippen LogP contribution < -0.4 is 10.6 Å². The van der Waals surface area contributed by atoms with Crippen LogP contribution in [-0.4, -0.2) is 35.5 Å². The average Bonchev–Trinajstić information content (AvgIpc) is 2.66. The van der Waals surface area contributed by atoms with Gasteiger partial charge < -0.3 is 15.7 Å². The molecule has 148 valence electrons. The van der Waals surface area contributed by atoms with Gasteiger partial charge in [0.2, 0.25) is 11.8 Å². The minimum Gasteiger partial charge on any atom is -0.480 e. The van der Waals surface area contributed by atoms with E-state index in [2.05, 4.69) is 22.8 Å². The van der Waals surface area contributed by atoms with Crippen LogP contribution in [0.25, 0.3) is 0 Å². The molecule has 1 fully saturated rings. The lowest BCUT2D eigenvalue weighted by Gasteiger charge is -2.28. The van der Waals surface area contributed by atoms with Crippen molar-refractivity contribution < 1.29 is 19.5 Å². The average molecular weight is 374 g/mol. The Morgan fingerprint density at radius 1 is 1.07 bits per heavy atom. The number of carboxylic acid groups (broad SMARTS) is 1. The van der Waals surface area contributed by atoms with Crippen LogP contribution in [0.5, 0.6) is 0 Å². The molecule has 6 heteroatoms. The Morgan fingerprint density at radius 3 is 2.26 bits per heavy atom. The fourth-order valence-electron chi connectivity index (χ4n) is 3.66. The van der Waals surface area contributed by atoms with E-state index >= 15 is 0 Å². The molecule has 0 aliphatic heterocycles. The van der Waals surface area contributed by atoms with Crippen molar-refractivity contribution in [1.82, 2.24) is 10.6 Å². The van der Waals surface area contributed by atoms with Gasteiger partial charge in [-0.05, 0) is 49.5 Å². The van der Waals surface area contributed by atoms with Gasteiger partial charge in [0.1, 0.15) is 6.04 Å². The van der Waals surface area contributed by atoms with Crippen molar-refractivity contribution >= 4 is 17.8 Å². The first-order chi connectivity index (χ1) is 12.9. The molecule has 1 saturated carbocycles. The van der Waals surface area contributed by atoms with Crippen LogP contribution in [0.15, 0.2) is 30.3 Å². The van der Waals surface area contributed by atoms with E-state index in [9.17, 15) is 14.4 Å². The zero-order valence-corrected chi connectivity index (χ0v) is 16.1. The number of benzene rings is 1. The second kappa shape index (κ2) is 10.1. The largest absolute Gasteiger partial charge is 0.480 e. The standard InChI is InChI=1S/C21H30N2O4/c1-14(2)12-18(21(26)27)23-19(24)13-22-20(25)17-10-8-16(9-11-17)15-6-4-3-5-7-15/h3-7,14,16-18H,8-13H2,1-2H3,(H,22,25)(H,23,24)(H,26,27)/t16?,17?,18-/m0/s1. The van der Waals surface area contributed by atoms with Crippen LogP contribution >= 0.6 is 0 Å². The Kier molecular flexibility index (Phi) is 7.82. The van der Waals surface area contributed by atoms with Crippen LogP contribution in [0, 0.1) is 11.8 Å². The van der Waals surface area contributed by atoms with Crippen LogP contribution in [0.3, 0.4) is 0 Å². The van der Waals surface area contributed by atoms with Gasteiger partial charge in [0.05, 0.1) is 6.54 Å². The normalized spacial score (nSPS) is 20.7. The maximum atomic E-state index is 12.3. The number of carboxylic acids is 1. The molecule has 0 bridgehead atoms. The molecule has 1 aliphatic carbocycles. The molecule has 27 heavy (non-hydrogen) atoms. The summed E-state index contributed by atoms with van der Waals surface area (Å²) in [6.45, 7) is 3.62. The molecule has 0 saturated heterocycles. The molecule has 0 unspecified atom stereocenters. The fraction of sp³-hybridized carbons (Fsp3) is 0.571. The predicted octanol–water partition coefficient (Wildman–Crippen LogP) is 2.69. The Balaban J connectivity index is 1.74. The maximum Gasteiger partial charge on any atom is 0.326 e. The van der Waals surface area contributed by atoms with E-state index in [1.54, 1.807) is 0 Å². The summed E-state index contributed by atoms with van der Waals surface area (Å²) in [5.74, 6) is -1.07. The minimum atomic E-state index is -1.05. The van der Waals surface area contributed by atoms with Gasteiger partial charge in [-0.25, -0.2) is 4.79 Å². The molecular formula is C21H30N2O4. The van der Waals surface area contributed by atoms with Crippen LogP contribution in [0.1, 0.15) is 57.4 Å². The first-order valence-corrected chi connectivity index (χ1v) is 9.71. The molecule has 2 amide bonds. The van der Waals surface area contributed by atoms with Gasteiger partial charge in [-0.15, -0.1) is 0 Å². The Morgan fingerprint density at radius 2 is 1.70 bits per heavy atom. The molecule has 0 radical (unpaired) electrons. The molecule has 3 N–H and O–H groups in total. The zero-order valence-electron chi connectivity index (χ0n) is 16.1. The molecule has 1 aromatic carbocycles. The van der Waals surface area contributed by atoms with Crippen molar-refractivity contribution in [2.24, 2.45) is 11.8 Å². The summed E-state index contributed by atoms with van der Waals surface area (Å²) in [4.78, 5) is 35.5. The van der Waals surface area contributed by atoms with Crippen molar-refractivity contribution in [3.63, 3.8) is 0 Å².